The maximum absolute atomic E-state index is 14.5. The zero-order valence-electron chi connectivity index (χ0n) is 32.6. The molecule has 4 aliphatic carbocycles. The van der Waals surface area contributed by atoms with Crippen LogP contribution >= 0.6 is 0 Å². The number of hydrogen-bond donors (Lipinski definition) is 0. The fourth-order valence-corrected chi connectivity index (χ4v) is 13.8. The molecule has 5 heteroatoms. The van der Waals surface area contributed by atoms with Gasteiger partial charge in [-0.15, -0.1) is 0 Å². The van der Waals surface area contributed by atoms with E-state index in [0.717, 1.165) is 72.9 Å². The lowest BCUT2D eigenvalue weighted by Gasteiger charge is -2.63. The van der Waals surface area contributed by atoms with Gasteiger partial charge < -0.3 is 0 Å². The van der Waals surface area contributed by atoms with Gasteiger partial charge in [-0.3, -0.25) is 0 Å². The summed E-state index contributed by atoms with van der Waals surface area (Å²) >= 11 is 0. The van der Waals surface area contributed by atoms with Gasteiger partial charge in [-0.1, -0.05) is 146 Å². The predicted molar refractivity (Wildman–Crippen MR) is 236 cm³/mol. The number of aromatic nitrogens is 2. The maximum atomic E-state index is 14.5. The lowest BCUT2D eigenvalue weighted by molar-refractivity contribution is -0.0446. The van der Waals surface area contributed by atoms with E-state index in [0.29, 0.717) is 27.5 Å². The fraction of sp³-hybridized carbons (Fsp3) is 0.185. The average molecular weight is 783 g/mol. The third-order valence-corrected chi connectivity index (χ3v) is 16.2. The third kappa shape index (κ3) is 5.37. The summed E-state index contributed by atoms with van der Waals surface area (Å²) in [5, 5.41) is 1.02. The van der Waals surface area contributed by atoms with Crippen molar-refractivity contribution in [3.63, 3.8) is 0 Å². The molecule has 0 N–H and O–H groups in total. The smallest absolute Gasteiger partial charge is 0.207 e. The zero-order chi connectivity index (χ0) is 39.3. The summed E-state index contributed by atoms with van der Waals surface area (Å²) in [7, 11) is -3.68. The molecule has 286 valence electrons. The Kier molecular flexibility index (Phi) is 7.78. The Labute approximate surface area is 345 Å². The second-order valence-electron chi connectivity index (χ2n) is 17.4. The molecule has 0 radical (unpaired) electrons. The molecule has 0 atom stereocenters. The van der Waals surface area contributed by atoms with Gasteiger partial charge in [0.1, 0.15) is 0 Å². The van der Waals surface area contributed by atoms with Crippen molar-refractivity contribution in [3.8, 4) is 56.0 Å². The Balaban J connectivity index is 0.885. The molecule has 4 fully saturated rings. The summed E-state index contributed by atoms with van der Waals surface area (Å²) in [6, 6.07) is 58.5. The first-order chi connectivity index (χ1) is 28.9. The summed E-state index contributed by atoms with van der Waals surface area (Å²) in [5.74, 6) is 3.24. The number of fused-ring (bicyclic) bond motifs is 3. The SMILES string of the molecule is O=S1(=O)c2ccccc2C2(c3ccc(-c4ccc(-c5cccc(-c6nc(-c7ccc(-c8ccccc8)cc7)c7ccccc7n6)c5)cc4)cc31)C1CC3CC(C1)CC2C3. The van der Waals surface area contributed by atoms with Crippen molar-refractivity contribution in [2.75, 3.05) is 0 Å². The van der Waals surface area contributed by atoms with Crippen LogP contribution in [-0.4, -0.2) is 18.4 Å². The van der Waals surface area contributed by atoms with E-state index in [4.69, 9.17) is 9.97 Å². The van der Waals surface area contributed by atoms with Crippen molar-refractivity contribution in [1.29, 1.82) is 0 Å². The van der Waals surface area contributed by atoms with E-state index >= 15 is 0 Å². The van der Waals surface area contributed by atoms with Crippen molar-refractivity contribution in [3.05, 3.63) is 181 Å². The van der Waals surface area contributed by atoms with Gasteiger partial charge >= 0.3 is 0 Å². The highest BCUT2D eigenvalue weighted by Gasteiger charge is 2.62. The first-order valence-corrected chi connectivity index (χ1v) is 22.5. The molecular formula is C54H42N2O2S. The van der Waals surface area contributed by atoms with Gasteiger partial charge in [0.25, 0.3) is 0 Å². The number of rotatable bonds is 5. The van der Waals surface area contributed by atoms with E-state index < -0.39 is 9.84 Å². The molecule has 5 aliphatic rings. The quantitative estimate of drug-likeness (QED) is 0.174. The van der Waals surface area contributed by atoms with Gasteiger partial charge in [0, 0.05) is 21.9 Å². The number of hydrogen-bond acceptors (Lipinski definition) is 4. The van der Waals surface area contributed by atoms with E-state index in [-0.39, 0.29) is 5.41 Å². The molecule has 0 saturated heterocycles. The first kappa shape index (κ1) is 34.8. The Hall–Kier alpha value is -6.17. The van der Waals surface area contributed by atoms with Crippen LogP contribution in [0.4, 0.5) is 0 Å². The van der Waals surface area contributed by atoms with Gasteiger partial charge in [0.15, 0.2) is 5.82 Å². The Morgan fingerprint density at radius 1 is 0.424 bits per heavy atom. The molecule has 7 aromatic carbocycles. The molecule has 4 saturated carbocycles. The molecule has 1 aliphatic heterocycles. The minimum atomic E-state index is -3.68. The standard InChI is InChI=1S/C54H42N2O2S/c57-59(58)50-16-7-5-14-47(50)54(44-28-34-27-35(30-44)31-45(54)29-34)48-26-25-42(33-51(48)59)39-19-17-38(18-20-39)41-11-8-12-43(32-41)53-55-49-15-6-4-13-46(49)52(56-53)40-23-21-37(22-24-40)36-9-2-1-3-10-36/h1-26,32-35,44-45H,27-31H2. The van der Waals surface area contributed by atoms with Crippen molar-refractivity contribution >= 4 is 20.7 Å². The molecule has 4 bridgehead atoms. The molecule has 13 rings (SSSR count). The van der Waals surface area contributed by atoms with Gasteiger partial charge in [-0.2, -0.15) is 0 Å². The maximum Gasteiger partial charge on any atom is 0.207 e. The van der Waals surface area contributed by atoms with Gasteiger partial charge in [-0.25, -0.2) is 18.4 Å². The van der Waals surface area contributed by atoms with Gasteiger partial charge in [-0.05, 0) is 125 Å². The summed E-state index contributed by atoms with van der Waals surface area (Å²) in [6.07, 6.45) is 6.20. The summed E-state index contributed by atoms with van der Waals surface area (Å²) in [5.41, 5.74) is 12.1. The van der Waals surface area contributed by atoms with Crippen LogP contribution in [0.15, 0.2) is 180 Å². The topological polar surface area (TPSA) is 59.9 Å². The van der Waals surface area contributed by atoms with E-state index in [9.17, 15) is 8.42 Å². The van der Waals surface area contributed by atoms with Crippen LogP contribution in [0.3, 0.4) is 0 Å². The van der Waals surface area contributed by atoms with Crippen LogP contribution in [0.5, 0.6) is 0 Å². The van der Waals surface area contributed by atoms with Crippen molar-refractivity contribution in [2.24, 2.45) is 23.7 Å². The Morgan fingerprint density at radius 3 is 1.68 bits per heavy atom. The molecular weight excluding hydrogens is 741 g/mol. The van der Waals surface area contributed by atoms with Crippen LogP contribution in [-0.2, 0) is 15.3 Å². The molecule has 4 nitrogen and oxygen atoms in total. The van der Waals surface area contributed by atoms with Crippen LogP contribution in [0.25, 0.3) is 66.9 Å². The third-order valence-electron chi connectivity index (χ3n) is 14.3. The van der Waals surface area contributed by atoms with Crippen LogP contribution in [0.2, 0.25) is 0 Å². The monoisotopic (exact) mass is 782 g/mol. The minimum absolute atomic E-state index is 0.222. The van der Waals surface area contributed by atoms with E-state index in [1.807, 2.05) is 36.4 Å². The highest BCUT2D eigenvalue weighted by molar-refractivity contribution is 7.91. The normalized spacial score (nSPS) is 23.3. The molecule has 59 heavy (non-hydrogen) atoms. The highest BCUT2D eigenvalue weighted by Crippen LogP contribution is 2.68. The number of nitrogens with zero attached hydrogens (tertiary/aromatic N) is 2. The Bertz CT molecular complexity index is 3040. The second kappa shape index (κ2) is 13.2. The van der Waals surface area contributed by atoms with E-state index in [1.165, 1.54) is 43.2 Å². The Morgan fingerprint density at radius 2 is 0.949 bits per heavy atom. The fourth-order valence-electron chi connectivity index (χ4n) is 11.9. The number of benzene rings is 7. The number of para-hydroxylation sites is 1. The highest BCUT2D eigenvalue weighted by atomic mass is 32.2. The van der Waals surface area contributed by atoms with Gasteiger partial charge in [0.2, 0.25) is 9.84 Å². The molecule has 2 heterocycles. The predicted octanol–water partition coefficient (Wildman–Crippen LogP) is 12.9. The largest absolute Gasteiger partial charge is 0.228 e. The van der Waals surface area contributed by atoms with Crippen LogP contribution in [0.1, 0.15) is 43.2 Å². The lowest BCUT2D eigenvalue weighted by atomic mass is 9.42. The average Bonchev–Trinajstić information content (AvgIpc) is 3.29. The summed E-state index contributed by atoms with van der Waals surface area (Å²) < 4.78 is 29.0. The summed E-state index contributed by atoms with van der Waals surface area (Å²) in [4.78, 5) is 11.3. The molecule has 0 amide bonds. The van der Waals surface area contributed by atoms with E-state index in [2.05, 4.69) is 133 Å². The molecule has 1 aromatic heterocycles. The van der Waals surface area contributed by atoms with Crippen LogP contribution in [0, 0.1) is 23.7 Å². The van der Waals surface area contributed by atoms with Crippen molar-refractivity contribution in [1.82, 2.24) is 9.97 Å². The van der Waals surface area contributed by atoms with Crippen molar-refractivity contribution < 1.29 is 8.42 Å². The molecule has 0 unspecified atom stereocenters. The zero-order valence-corrected chi connectivity index (χ0v) is 33.4. The minimum Gasteiger partial charge on any atom is -0.228 e. The molecule has 8 aromatic rings. The first-order valence-electron chi connectivity index (χ1n) is 21.1. The second-order valence-corrected chi connectivity index (χ2v) is 19.3. The van der Waals surface area contributed by atoms with E-state index in [1.54, 1.807) is 0 Å². The van der Waals surface area contributed by atoms with Gasteiger partial charge in [0.05, 0.1) is 21.0 Å². The van der Waals surface area contributed by atoms with Crippen molar-refractivity contribution in [2.45, 2.75) is 47.3 Å². The number of sulfone groups is 1. The molecule has 1 spiro atoms. The lowest BCUT2D eigenvalue weighted by Crippen LogP contribution is -2.57. The van der Waals surface area contributed by atoms with Crippen LogP contribution < -0.4 is 0 Å². The summed E-state index contributed by atoms with van der Waals surface area (Å²) in [6.45, 7) is 0.